The molecule has 1 saturated heterocycles. The van der Waals surface area contributed by atoms with Gasteiger partial charge in [-0.15, -0.1) is 0 Å². The summed E-state index contributed by atoms with van der Waals surface area (Å²) in [5.41, 5.74) is 0.777. The van der Waals surface area contributed by atoms with Gasteiger partial charge < -0.3 is 14.4 Å². The van der Waals surface area contributed by atoms with Gasteiger partial charge in [0.25, 0.3) is 0 Å². The summed E-state index contributed by atoms with van der Waals surface area (Å²) in [6.45, 7) is 11.6. The molecular weight excluding hydrogens is 576 g/mol. The number of ether oxygens (including phenoxy) is 2. The minimum Gasteiger partial charge on any atom is -0.443 e. The Morgan fingerprint density at radius 1 is 1.00 bits per heavy atom. The standard InChI is InChI=1S/C33H36N6O4S/c1-31(2,3)42-29(40)39(30(41)43-32(4,5)6)28-37-33(21-38(19-26(33)20-44-28)27-18-35-13-14-36-27)25-12-8-11-24(16-25)23-10-7-9-22(15-23)17-34/h7-16,18,26H,19-21H2,1-6H3. The molecule has 0 radical (unpaired) electrons. The highest BCUT2D eigenvalue weighted by atomic mass is 32.2. The zero-order valence-corrected chi connectivity index (χ0v) is 26.6. The first-order chi connectivity index (χ1) is 20.8. The van der Waals surface area contributed by atoms with Gasteiger partial charge in [0.15, 0.2) is 5.17 Å². The molecule has 1 aromatic heterocycles. The van der Waals surface area contributed by atoms with Crippen LogP contribution in [-0.4, -0.2) is 62.3 Å². The molecule has 11 heteroatoms. The van der Waals surface area contributed by atoms with Crippen LogP contribution in [0.2, 0.25) is 0 Å². The van der Waals surface area contributed by atoms with E-state index >= 15 is 0 Å². The highest BCUT2D eigenvalue weighted by molar-refractivity contribution is 8.13. The predicted molar refractivity (Wildman–Crippen MR) is 170 cm³/mol. The number of nitrogens with zero attached hydrogens (tertiary/aromatic N) is 6. The van der Waals surface area contributed by atoms with Gasteiger partial charge in [-0.2, -0.15) is 10.2 Å². The SMILES string of the molecule is CC(C)(C)OC(=O)N(C(=O)OC(C)(C)C)C1=NC2(c3cccc(-c4cccc(C#N)c4)c3)CN(c3cnccn3)CC2CS1. The minimum atomic E-state index is -0.850. The molecule has 2 aromatic carbocycles. The quantitative estimate of drug-likeness (QED) is 0.321. The summed E-state index contributed by atoms with van der Waals surface area (Å²) < 4.78 is 11.3. The van der Waals surface area contributed by atoms with E-state index in [1.54, 1.807) is 66.2 Å². The molecule has 0 aliphatic carbocycles. The fraction of sp³-hybridized carbons (Fsp3) is 0.394. The van der Waals surface area contributed by atoms with E-state index in [4.69, 9.17) is 14.5 Å². The smallest absolute Gasteiger partial charge is 0.426 e. The summed E-state index contributed by atoms with van der Waals surface area (Å²) in [7, 11) is 0. The number of hydrogen-bond acceptors (Lipinski definition) is 10. The highest BCUT2D eigenvalue weighted by Gasteiger charge is 2.52. The van der Waals surface area contributed by atoms with Gasteiger partial charge in [-0.25, -0.2) is 19.6 Å². The van der Waals surface area contributed by atoms with Gasteiger partial charge >= 0.3 is 12.2 Å². The number of amides is 2. The first-order valence-electron chi connectivity index (χ1n) is 14.4. The van der Waals surface area contributed by atoms with E-state index in [2.05, 4.69) is 27.0 Å². The van der Waals surface area contributed by atoms with Crippen molar-refractivity contribution in [3.05, 3.63) is 78.2 Å². The Morgan fingerprint density at radius 2 is 1.66 bits per heavy atom. The van der Waals surface area contributed by atoms with E-state index in [1.807, 2.05) is 36.4 Å². The summed E-state index contributed by atoms with van der Waals surface area (Å²) in [4.78, 5) is 44.2. The fourth-order valence-corrected chi connectivity index (χ4v) is 6.55. The summed E-state index contributed by atoms with van der Waals surface area (Å²) in [5, 5.41) is 9.68. The molecule has 3 aromatic rings. The lowest BCUT2D eigenvalue weighted by Gasteiger charge is -2.38. The number of aromatic nitrogens is 2. The number of thioether (sulfide) groups is 1. The van der Waals surface area contributed by atoms with Crippen LogP contribution < -0.4 is 4.90 Å². The molecule has 0 N–H and O–H groups in total. The van der Waals surface area contributed by atoms with Gasteiger partial charge in [-0.1, -0.05) is 42.1 Å². The molecular formula is C33H36N6O4S. The minimum absolute atomic E-state index is 0.0121. The third kappa shape index (κ3) is 6.70. The average molecular weight is 613 g/mol. The van der Waals surface area contributed by atoms with E-state index in [0.29, 0.717) is 24.4 Å². The Bertz CT molecular complexity index is 1600. The van der Waals surface area contributed by atoms with Gasteiger partial charge in [0, 0.05) is 37.2 Å². The Kier molecular flexibility index (Phi) is 8.40. The third-order valence-electron chi connectivity index (χ3n) is 7.16. The molecule has 1 fully saturated rings. The number of fused-ring (bicyclic) bond motifs is 1. The zero-order valence-electron chi connectivity index (χ0n) is 25.8. The number of benzene rings is 2. The monoisotopic (exact) mass is 612 g/mol. The summed E-state index contributed by atoms with van der Waals surface area (Å²) in [6, 6.07) is 17.7. The van der Waals surface area contributed by atoms with Crippen LogP contribution in [0, 0.1) is 17.2 Å². The van der Waals surface area contributed by atoms with Gasteiger partial charge in [-0.05, 0) is 76.4 Å². The van der Waals surface area contributed by atoms with Crippen LogP contribution in [0.1, 0.15) is 52.7 Å². The molecule has 3 heterocycles. The van der Waals surface area contributed by atoms with Crippen molar-refractivity contribution in [2.45, 2.75) is 58.3 Å². The molecule has 0 spiro atoms. The van der Waals surface area contributed by atoms with E-state index in [9.17, 15) is 14.9 Å². The number of aliphatic imine (C=N–C) groups is 1. The van der Waals surface area contributed by atoms with Crippen molar-refractivity contribution in [3.8, 4) is 17.2 Å². The number of imide groups is 1. The van der Waals surface area contributed by atoms with Crippen LogP contribution in [0.3, 0.4) is 0 Å². The van der Waals surface area contributed by atoms with Crippen molar-refractivity contribution in [2.75, 3.05) is 23.7 Å². The van der Waals surface area contributed by atoms with Crippen molar-refractivity contribution in [1.29, 1.82) is 5.26 Å². The van der Waals surface area contributed by atoms with Gasteiger partial charge in [0.1, 0.15) is 22.6 Å². The Balaban J connectivity index is 1.64. The first-order valence-corrected chi connectivity index (χ1v) is 15.4. The Hall–Kier alpha value is -4.43. The second kappa shape index (κ2) is 11.9. The highest BCUT2D eigenvalue weighted by Crippen LogP contribution is 2.48. The number of nitriles is 1. The first kappa shape index (κ1) is 31.0. The number of anilines is 1. The maximum atomic E-state index is 13.6. The number of carbonyl (C=O) groups excluding carboxylic acids is 2. The van der Waals surface area contributed by atoms with Gasteiger partial charge in [0.05, 0.1) is 17.8 Å². The van der Waals surface area contributed by atoms with Crippen molar-refractivity contribution in [2.24, 2.45) is 10.9 Å². The molecule has 2 atom stereocenters. The van der Waals surface area contributed by atoms with Crippen LogP contribution in [0.25, 0.3) is 11.1 Å². The number of rotatable bonds is 3. The molecule has 44 heavy (non-hydrogen) atoms. The fourth-order valence-electron chi connectivity index (χ4n) is 5.31. The molecule has 5 rings (SSSR count). The van der Waals surface area contributed by atoms with Crippen molar-refractivity contribution < 1.29 is 19.1 Å². The lowest BCUT2D eigenvalue weighted by Crippen LogP contribution is -2.49. The maximum Gasteiger partial charge on any atom is 0.426 e. The van der Waals surface area contributed by atoms with Gasteiger partial charge in [0.2, 0.25) is 0 Å². The Morgan fingerprint density at radius 3 is 2.27 bits per heavy atom. The van der Waals surface area contributed by atoms with E-state index in [-0.39, 0.29) is 11.1 Å². The van der Waals surface area contributed by atoms with Crippen molar-refractivity contribution >= 4 is 34.9 Å². The van der Waals surface area contributed by atoms with E-state index in [0.717, 1.165) is 27.4 Å². The van der Waals surface area contributed by atoms with E-state index in [1.165, 1.54) is 11.8 Å². The summed E-state index contributed by atoms with van der Waals surface area (Å²) in [5.74, 6) is 1.31. The average Bonchev–Trinajstić information content (AvgIpc) is 3.36. The summed E-state index contributed by atoms with van der Waals surface area (Å²) in [6.07, 6.45) is 3.31. The van der Waals surface area contributed by atoms with Crippen LogP contribution in [-0.2, 0) is 15.0 Å². The lowest BCUT2D eigenvalue weighted by atomic mass is 9.81. The Labute approximate surface area is 262 Å². The van der Waals surface area contributed by atoms with Crippen LogP contribution in [0.5, 0.6) is 0 Å². The van der Waals surface area contributed by atoms with E-state index < -0.39 is 28.9 Å². The topological polar surface area (TPSA) is 121 Å². The number of carbonyl (C=O) groups is 2. The van der Waals surface area contributed by atoms with Gasteiger partial charge in [-0.3, -0.25) is 4.98 Å². The largest absolute Gasteiger partial charge is 0.443 e. The molecule has 0 saturated carbocycles. The second-order valence-corrected chi connectivity index (χ2v) is 13.8. The number of hydrogen-bond donors (Lipinski definition) is 0. The van der Waals surface area contributed by atoms with Crippen LogP contribution >= 0.6 is 11.8 Å². The molecule has 2 aliphatic rings. The molecule has 10 nitrogen and oxygen atoms in total. The molecule has 2 amide bonds. The third-order valence-corrected chi connectivity index (χ3v) is 8.26. The normalized spacial score (nSPS) is 19.8. The number of amidine groups is 1. The molecule has 0 bridgehead atoms. The summed E-state index contributed by atoms with van der Waals surface area (Å²) >= 11 is 1.33. The zero-order chi connectivity index (χ0) is 31.7. The van der Waals surface area contributed by atoms with Crippen molar-refractivity contribution in [1.82, 2.24) is 14.9 Å². The lowest BCUT2D eigenvalue weighted by molar-refractivity contribution is 0.0151. The van der Waals surface area contributed by atoms with Crippen molar-refractivity contribution in [3.63, 3.8) is 0 Å². The molecule has 2 unspecified atom stereocenters. The molecule has 228 valence electrons. The van der Waals surface area contributed by atoms with Crippen LogP contribution in [0.4, 0.5) is 15.4 Å². The predicted octanol–water partition coefficient (Wildman–Crippen LogP) is 6.62. The van der Waals surface area contributed by atoms with Crippen LogP contribution in [0.15, 0.2) is 72.1 Å². The second-order valence-electron chi connectivity index (χ2n) is 12.8. The maximum absolute atomic E-state index is 13.6. The molecule has 2 aliphatic heterocycles.